The van der Waals surface area contributed by atoms with Crippen LogP contribution in [0.15, 0.2) is 73.1 Å². The first-order valence-electron chi connectivity index (χ1n) is 8.69. The number of rotatable bonds is 4. The van der Waals surface area contributed by atoms with Gasteiger partial charge in [0.15, 0.2) is 0 Å². The summed E-state index contributed by atoms with van der Waals surface area (Å²) in [5, 5.41) is 0. The highest BCUT2D eigenvalue weighted by Gasteiger charge is 2.24. The van der Waals surface area contributed by atoms with Gasteiger partial charge in [-0.05, 0) is 53.3 Å². The molecule has 0 saturated heterocycles. The van der Waals surface area contributed by atoms with Crippen LogP contribution in [0.25, 0.3) is 11.1 Å². The maximum absolute atomic E-state index is 12.6. The molecule has 124 valence electrons. The van der Waals surface area contributed by atoms with Crippen molar-refractivity contribution >= 4 is 11.6 Å². The summed E-state index contributed by atoms with van der Waals surface area (Å²) >= 11 is 0. The minimum absolute atomic E-state index is 0.190. The first kappa shape index (κ1) is 15.6. The van der Waals surface area contributed by atoms with Crippen molar-refractivity contribution in [3.8, 4) is 11.1 Å². The number of hydrogen-bond acceptors (Lipinski definition) is 2. The lowest BCUT2D eigenvalue weighted by molar-refractivity contribution is -0.118. The molecule has 2 heterocycles. The monoisotopic (exact) mass is 328 g/mol. The van der Waals surface area contributed by atoms with E-state index < -0.39 is 0 Å². The van der Waals surface area contributed by atoms with Crippen LogP contribution in [0, 0.1) is 0 Å². The number of hydrogen-bond donors (Lipinski definition) is 0. The topological polar surface area (TPSA) is 33.2 Å². The molecule has 0 atom stereocenters. The third kappa shape index (κ3) is 3.31. The Kier molecular flexibility index (Phi) is 4.30. The van der Waals surface area contributed by atoms with E-state index in [-0.39, 0.29) is 5.91 Å². The van der Waals surface area contributed by atoms with Crippen LogP contribution >= 0.6 is 0 Å². The van der Waals surface area contributed by atoms with Crippen molar-refractivity contribution in [3.05, 3.63) is 84.2 Å². The number of carbonyl (C=O) groups excluding carboxylic acids is 1. The molecule has 1 amide bonds. The van der Waals surface area contributed by atoms with E-state index in [4.69, 9.17) is 0 Å². The van der Waals surface area contributed by atoms with E-state index in [2.05, 4.69) is 47.4 Å². The quantitative estimate of drug-likeness (QED) is 0.716. The fourth-order valence-electron chi connectivity index (χ4n) is 3.40. The fourth-order valence-corrected chi connectivity index (χ4v) is 3.40. The molecule has 4 rings (SSSR count). The number of anilines is 1. The largest absolute Gasteiger partial charge is 0.312 e. The van der Waals surface area contributed by atoms with Gasteiger partial charge in [-0.1, -0.05) is 42.5 Å². The predicted octanol–water partition coefficient (Wildman–Crippen LogP) is 4.27. The minimum atomic E-state index is 0.190. The third-order valence-electron chi connectivity index (χ3n) is 4.73. The lowest BCUT2D eigenvalue weighted by Crippen LogP contribution is -2.29. The summed E-state index contributed by atoms with van der Waals surface area (Å²) in [5.41, 5.74) is 5.86. The molecule has 0 unspecified atom stereocenters. The molecule has 2 aromatic carbocycles. The zero-order valence-corrected chi connectivity index (χ0v) is 14.1. The highest BCUT2D eigenvalue weighted by Crippen LogP contribution is 2.32. The number of nitrogens with zero attached hydrogens (tertiary/aromatic N) is 2. The molecule has 0 bridgehead atoms. The molecule has 3 aromatic rings. The van der Waals surface area contributed by atoms with E-state index in [0.29, 0.717) is 6.42 Å². The fraction of sp³-hybridized carbons (Fsp3) is 0.182. The van der Waals surface area contributed by atoms with Crippen LogP contribution in [0.1, 0.15) is 17.5 Å². The van der Waals surface area contributed by atoms with Crippen LogP contribution in [0.3, 0.4) is 0 Å². The molecular formula is C22H20N2O. The first-order valence-corrected chi connectivity index (χ1v) is 8.69. The van der Waals surface area contributed by atoms with Crippen molar-refractivity contribution in [2.75, 3.05) is 11.4 Å². The van der Waals surface area contributed by atoms with Crippen molar-refractivity contribution in [1.29, 1.82) is 0 Å². The van der Waals surface area contributed by atoms with E-state index in [1.54, 1.807) is 6.20 Å². The predicted molar refractivity (Wildman–Crippen MR) is 100 cm³/mol. The van der Waals surface area contributed by atoms with Gasteiger partial charge in [0, 0.05) is 31.0 Å². The van der Waals surface area contributed by atoms with Gasteiger partial charge >= 0.3 is 0 Å². The second-order valence-electron chi connectivity index (χ2n) is 6.37. The second-order valence-corrected chi connectivity index (χ2v) is 6.37. The minimum Gasteiger partial charge on any atom is -0.312 e. The van der Waals surface area contributed by atoms with E-state index >= 15 is 0 Å². The van der Waals surface area contributed by atoms with E-state index in [1.165, 1.54) is 16.7 Å². The van der Waals surface area contributed by atoms with Crippen LogP contribution in [0.2, 0.25) is 0 Å². The average Bonchev–Trinajstić information content (AvgIpc) is 3.11. The Morgan fingerprint density at radius 1 is 1.00 bits per heavy atom. The molecule has 1 aliphatic heterocycles. The summed E-state index contributed by atoms with van der Waals surface area (Å²) in [6, 6.07) is 20.7. The number of fused-ring (bicyclic) bond motifs is 1. The average molecular weight is 328 g/mol. The first-order chi connectivity index (χ1) is 12.3. The molecule has 0 aliphatic carbocycles. The van der Waals surface area contributed by atoms with E-state index in [0.717, 1.165) is 30.6 Å². The number of pyridine rings is 1. The maximum atomic E-state index is 12.6. The Hall–Kier alpha value is -2.94. The number of aromatic nitrogens is 1. The normalized spacial score (nSPS) is 12.9. The van der Waals surface area contributed by atoms with Crippen LogP contribution in [-0.4, -0.2) is 17.4 Å². The molecular weight excluding hydrogens is 308 g/mol. The number of carbonyl (C=O) groups is 1. The van der Waals surface area contributed by atoms with Crippen LogP contribution in [0.5, 0.6) is 0 Å². The van der Waals surface area contributed by atoms with Gasteiger partial charge in [0.1, 0.15) is 0 Å². The number of amides is 1. The summed E-state index contributed by atoms with van der Waals surface area (Å²) in [5.74, 6) is 0.190. The zero-order valence-electron chi connectivity index (χ0n) is 14.1. The van der Waals surface area contributed by atoms with Gasteiger partial charge in [-0.25, -0.2) is 0 Å². The third-order valence-corrected chi connectivity index (χ3v) is 4.73. The molecule has 1 aliphatic rings. The van der Waals surface area contributed by atoms with Crippen LogP contribution < -0.4 is 4.90 Å². The molecule has 1 aromatic heterocycles. The molecule has 3 heteroatoms. The summed E-state index contributed by atoms with van der Waals surface area (Å²) in [7, 11) is 0. The Balaban J connectivity index is 1.49. The van der Waals surface area contributed by atoms with Gasteiger partial charge in [0.25, 0.3) is 0 Å². The van der Waals surface area contributed by atoms with E-state index in [1.807, 2.05) is 29.3 Å². The molecule has 25 heavy (non-hydrogen) atoms. The highest BCUT2D eigenvalue weighted by atomic mass is 16.2. The maximum Gasteiger partial charge on any atom is 0.227 e. The summed E-state index contributed by atoms with van der Waals surface area (Å²) in [6.07, 6.45) is 5.77. The van der Waals surface area contributed by atoms with Crippen LogP contribution in [0.4, 0.5) is 5.69 Å². The lowest BCUT2D eigenvalue weighted by atomic mass is 10.0. The van der Waals surface area contributed by atoms with Gasteiger partial charge in [-0.3, -0.25) is 9.78 Å². The molecule has 0 saturated carbocycles. The zero-order chi connectivity index (χ0) is 17.1. The molecule has 0 spiro atoms. The van der Waals surface area contributed by atoms with Crippen molar-refractivity contribution in [3.63, 3.8) is 0 Å². The Morgan fingerprint density at radius 2 is 1.88 bits per heavy atom. The SMILES string of the molecule is O=C(CCc1cccnc1)N1CCc2cc(-c3ccccc3)ccc21. The van der Waals surface area contributed by atoms with Gasteiger partial charge in [-0.2, -0.15) is 0 Å². The van der Waals surface area contributed by atoms with Crippen molar-refractivity contribution < 1.29 is 4.79 Å². The van der Waals surface area contributed by atoms with Crippen molar-refractivity contribution in [2.24, 2.45) is 0 Å². The van der Waals surface area contributed by atoms with Gasteiger partial charge < -0.3 is 4.90 Å². The highest BCUT2D eigenvalue weighted by molar-refractivity contribution is 5.96. The summed E-state index contributed by atoms with van der Waals surface area (Å²) in [4.78, 5) is 18.7. The summed E-state index contributed by atoms with van der Waals surface area (Å²) < 4.78 is 0. The molecule has 0 N–H and O–H groups in total. The Bertz CT molecular complexity index is 875. The van der Waals surface area contributed by atoms with Gasteiger partial charge in [0.05, 0.1) is 0 Å². The van der Waals surface area contributed by atoms with Crippen LogP contribution in [-0.2, 0) is 17.6 Å². The Labute approximate surface area is 148 Å². The summed E-state index contributed by atoms with van der Waals surface area (Å²) in [6.45, 7) is 0.777. The molecule has 3 nitrogen and oxygen atoms in total. The Morgan fingerprint density at radius 3 is 2.68 bits per heavy atom. The van der Waals surface area contributed by atoms with Crippen molar-refractivity contribution in [2.45, 2.75) is 19.3 Å². The van der Waals surface area contributed by atoms with Gasteiger partial charge in [0.2, 0.25) is 5.91 Å². The number of aryl methyl sites for hydroxylation is 1. The lowest BCUT2D eigenvalue weighted by Gasteiger charge is -2.17. The second kappa shape index (κ2) is 6.89. The molecule has 0 radical (unpaired) electrons. The number of benzene rings is 2. The standard InChI is InChI=1S/C22H20N2O/c25-22(11-8-17-5-4-13-23-16-17)24-14-12-20-15-19(9-10-21(20)24)18-6-2-1-3-7-18/h1-7,9-10,13,15-16H,8,11-12,14H2. The van der Waals surface area contributed by atoms with Crippen molar-refractivity contribution in [1.82, 2.24) is 4.98 Å². The van der Waals surface area contributed by atoms with E-state index in [9.17, 15) is 4.79 Å². The molecule has 0 fully saturated rings. The van der Waals surface area contributed by atoms with Gasteiger partial charge in [-0.15, -0.1) is 0 Å². The smallest absolute Gasteiger partial charge is 0.227 e.